The molecule has 0 spiro atoms. The van der Waals surface area contributed by atoms with Gasteiger partial charge < -0.3 is 5.73 Å². The van der Waals surface area contributed by atoms with E-state index in [2.05, 4.69) is 13.5 Å². The van der Waals surface area contributed by atoms with Gasteiger partial charge in [-0.15, -0.1) is 0 Å². The number of rotatable bonds is 4. The van der Waals surface area contributed by atoms with Crippen LogP contribution in [0.1, 0.15) is 19.8 Å². The SMILES string of the molecule is C=C(C=CCCC)C(N)=O. The van der Waals surface area contributed by atoms with Crippen molar-refractivity contribution in [2.75, 3.05) is 0 Å². The minimum Gasteiger partial charge on any atom is -0.366 e. The summed E-state index contributed by atoms with van der Waals surface area (Å²) in [6, 6.07) is 0. The van der Waals surface area contributed by atoms with Crippen LogP contribution in [0.3, 0.4) is 0 Å². The summed E-state index contributed by atoms with van der Waals surface area (Å²) in [5.41, 5.74) is 5.30. The van der Waals surface area contributed by atoms with Crippen molar-refractivity contribution >= 4 is 5.91 Å². The molecule has 0 aliphatic rings. The average Bonchev–Trinajstić information content (AvgIpc) is 1.88. The maximum atomic E-state index is 10.4. The zero-order chi connectivity index (χ0) is 7.98. The minimum absolute atomic E-state index is 0.369. The first kappa shape index (κ1) is 8.95. The third-order valence-corrected chi connectivity index (χ3v) is 1.09. The highest BCUT2D eigenvalue weighted by molar-refractivity contribution is 5.93. The first-order chi connectivity index (χ1) is 4.68. The molecular formula is C8H13NO. The van der Waals surface area contributed by atoms with Gasteiger partial charge in [0.2, 0.25) is 5.91 Å². The predicted molar refractivity (Wildman–Crippen MR) is 42.4 cm³/mol. The predicted octanol–water partition coefficient (Wildman–Crippen LogP) is 1.38. The Labute approximate surface area is 61.4 Å². The number of nitrogens with two attached hydrogens (primary N) is 1. The van der Waals surface area contributed by atoms with Gasteiger partial charge >= 0.3 is 0 Å². The second kappa shape index (κ2) is 4.79. The molecule has 0 rings (SSSR count). The lowest BCUT2D eigenvalue weighted by Gasteiger charge is -1.89. The Balaban J connectivity index is 3.67. The highest BCUT2D eigenvalue weighted by Gasteiger charge is 1.92. The van der Waals surface area contributed by atoms with Crippen LogP contribution in [0.5, 0.6) is 0 Å². The smallest absolute Gasteiger partial charge is 0.248 e. The maximum absolute atomic E-state index is 10.4. The van der Waals surface area contributed by atoms with Gasteiger partial charge in [-0.2, -0.15) is 0 Å². The standard InChI is InChI=1S/C8H13NO/c1-3-4-5-6-7(2)8(9)10/h5-6H,2-4H2,1H3,(H2,9,10). The molecule has 2 nitrogen and oxygen atoms in total. The number of carbonyl (C=O) groups excluding carboxylic acids is 1. The largest absolute Gasteiger partial charge is 0.366 e. The molecular weight excluding hydrogens is 126 g/mol. The van der Waals surface area contributed by atoms with Crippen molar-refractivity contribution in [3.05, 3.63) is 24.3 Å². The molecule has 0 bridgehead atoms. The summed E-state index contributed by atoms with van der Waals surface area (Å²) in [7, 11) is 0. The Morgan fingerprint density at radius 2 is 2.30 bits per heavy atom. The zero-order valence-corrected chi connectivity index (χ0v) is 6.26. The molecule has 0 radical (unpaired) electrons. The molecule has 0 heterocycles. The van der Waals surface area contributed by atoms with Crippen molar-refractivity contribution in [1.82, 2.24) is 0 Å². The number of primary amides is 1. The number of hydrogen-bond acceptors (Lipinski definition) is 1. The molecule has 0 aromatic rings. The van der Waals surface area contributed by atoms with Crippen LogP contribution in [-0.4, -0.2) is 5.91 Å². The van der Waals surface area contributed by atoms with Crippen molar-refractivity contribution in [2.45, 2.75) is 19.8 Å². The summed E-state index contributed by atoms with van der Waals surface area (Å²) in [6.07, 6.45) is 5.59. The monoisotopic (exact) mass is 139 g/mol. The average molecular weight is 139 g/mol. The summed E-state index contributed by atoms with van der Waals surface area (Å²) < 4.78 is 0. The van der Waals surface area contributed by atoms with Gasteiger partial charge in [0.25, 0.3) is 0 Å². The van der Waals surface area contributed by atoms with Crippen LogP contribution < -0.4 is 5.73 Å². The Morgan fingerprint density at radius 1 is 1.70 bits per heavy atom. The van der Waals surface area contributed by atoms with Crippen LogP contribution in [0.4, 0.5) is 0 Å². The molecule has 0 unspecified atom stereocenters. The lowest BCUT2D eigenvalue weighted by molar-refractivity contribution is -0.114. The molecule has 10 heavy (non-hydrogen) atoms. The van der Waals surface area contributed by atoms with Crippen molar-refractivity contribution in [3.8, 4) is 0 Å². The Morgan fingerprint density at radius 3 is 2.70 bits per heavy atom. The fraction of sp³-hybridized carbons (Fsp3) is 0.375. The van der Waals surface area contributed by atoms with Crippen molar-refractivity contribution < 1.29 is 4.79 Å². The molecule has 2 heteroatoms. The van der Waals surface area contributed by atoms with Crippen LogP contribution in [0.15, 0.2) is 24.3 Å². The van der Waals surface area contributed by atoms with Gasteiger partial charge in [0.1, 0.15) is 0 Å². The molecule has 0 saturated heterocycles. The number of amides is 1. The van der Waals surface area contributed by atoms with Crippen LogP contribution in [0.2, 0.25) is 0 Å². The molecule has 0 atom stereocenters. The van der Waals surface area contributed by atoms with Gasteiger partial charge in [-0.25, -0.2) is 0 Å². The first-order valence-corrected chi connectivity index (χ1v) is 3.33. The zero-order valence-electron chi connectivity index (χ0n) is 6.26. The lowest BCUT2D eigenvalue weighted by Crippen LogP contribution is -2.11. The van der Waals surface area contributed by atoms with Gasteiger partial charge in [-0.1, -0.05) is 32.1 Å². The first-order valence-electron chi connectivity index (χ1n) is 3.33. The molecule has 2 N–H and O–H groups in total. The highest BCUT2D eigenvalue weighted by atomic mass is 16.1. The van der Waals surface area contributed by atoms with E-state index in [1.165, 1.54) is 0 Å². The van der Waals surface area contributed by atoms with E-state index in [4.69, 9.17) is 5.73 Å². The topological polar surface area (TPSA) is 43.1 Å². The summed E-state index contributed by atoms with van der Waals surface area (Å²) in [5.74, 6) is -0.452. The molecule has 56 valence electrons. The third-order valence-electron chi connectivity index (χ3n) is 1.09. The van der Waals surface area contributed by atoms with Gasteiger partial charge in [0.15, 0.2) is 0 Å². The number of unbranched alkanes of at least 4 members (excludes halogenated alkanes) is 1. The van der Waals surface area contributed by atoms with Gasteiger partial charge in [-0.3, -0.25) is 4.79 Å². The Kier molecular flexibility index (Phi) is 4.29. The molecule has 0 fully saturated rings. The Bertz CT molecular complexity index is 159. The van der Waals surface area contributed by atoms with Crippen molar-refractivity contribution in [1.29, 1.82) is 0 Å². The van der Waals surface area contributed by atoms with Crippen LogP contribution in [0.25, 0.3) is 0 Å². The highest BCUT2D eigenvalue weighted by Crippen LogP contribution is 1.94. The Hall–Kier alpha value is -1.05. The van der Waals surface area contributed by atoms with Gasteiger partial charge in [0, 0.05) is 5.57 Å². The minimum atomic E-state index is -0.452. The van der Waals surface area contributed by atoms with E-state index in [-0.39, 0.29) is 0 Å². The molecule has 1 amide bonds. The molecule has 0 aromatic heterocycles. The summed E-state index contributed by atoms with van der Waals surface area (Å²) in [4.78, 5) is 10.4. The summed E-state index contributed by atoms with van der Waals surface area (Å²) >= 11 is 0. The van der Waals surface area contributed by atoms with E-state index < -0.39 is 5.91 Å². The number of allylic oxidation sites excluding steroid dienone is 1. The molecule has 0 aromatic carbocycles. The van der Waals surface area contributed by atoms with E-state index in [0.717, 1.165) is 12.8 Å². The second-order valence-corrected chi connectivity index (χ2v) is 2.08. The van der Waals surface area contributed by atoms with E-state index >= 15 is 0 Å². The van der Waals surface area contributed by atoms with E-state index in [1.54, 1.807) is 6.08 Å². The van der Waals surface area contributed by atoms with Crippen LogP contribution in [0, 0.1) is 0 Å². The molecule has 0 saturated carbocycles. The second-order valence-electron chi connectivity index (χ2n) is 2.08. The van der Waals surface area contributed by atoms with Crippen molar-refractivity contribution in [2.24, 2.45) is 5.73 Å². The maximum Gasteiger partial charge on any atom is 0.248 e. The van der Waals surface area contributed by atoms with Crippen molar-refractivity contribution in [3.63, 3.8) is 0 Å². The van der Waals surface area contributed by atoms with Gasteiger partial charge in [0.05, 0.1) is 0 Å². The normalized spacial score (nSPS) is 10.1. The summed E-state index contributed by atoms with van der Waals surface area (Å²) in [5, 5.41) is 0. The summed E-state index contributed by atoms with van der Waals surface area (Å²) in [6.45, 7) is 5.53. The number of carbonyl (C=O) groups is 1. The molecule has 0 aliphatic carbocycles. The van der Waals surface area contributed by atoms with Gasteiger partial charge in [-0.05, 0) is 6.42 Å². The molecule has 0 aliphatic heterocycles. The van der Waals surface area contributed by atoms with Crippen LogP contribution in [-0.2, 0) is 4.79 Å². The van der Waals surface area contributed by atoms with Crippen LogP contribution >= 0.6 is 0 Å². The van der Waals surface area contributed by atoms with E-state index in [9.17, 15) is 4.79 Å². The van der Waals surface area contributed by atoms with E-state index in [1.807, 2.05) is 6.08 Å². The fourth-order valence-electron chi connectivity index (χ4n) is 0.474. The van der Waals surface area contributed by atoms with E-state index in [0.29, 0.717) is 5.57 Å². The number of hydrogen-bond donors (Lipinski definition) is 1. The third kappa shape index (κ3) is 3.89. The fourth-order valence-corrected chi connectivity index (χ4v) is 0.474. The lowest BCUT2D eigenvalue weighted by atomic mass is 10.2. The quantitative estimate of drug-likeness (QED) is 0.464.